The Balaban J connectivity index is 1.57. The summed E-state index contributed by atoms with van der Waals surface area (Å²) in [6.07, 6.45) is 3.98. The fraction of sp³-hybridized carbons (Fsp3) is 0.217. The van der Waals surface area contributed by atoms with E-state index in [1.807, 2.05) is 48.5 Å². The Hall–Kier alpha value is -2.83. The lowest BCUT2D eigenvalue weighted by atomic mass is 10.2. The summed E-state index contributed by atoms with van der Waals surface area (Å²) in [4.78, 5) is 21.1. The van der Waals surface area contributed by atoms with Gasteiger partial charge in [0.15, 0.2) is 0 Å². The van der Waals surface area contributed by atoms with Crippen LogP contribution in [-0.2, 0) is 0 Å². The third-order valence-corrected chi connectivity index (χ3v) is 6.87. The van der Waals surface area contributed by atoms with Gasteiger partial charge in [0, 0.05) is 29.1 Å². The Kier molecular flexibility index (Phi) is 4.97. The molecule has 0 atom stereocenters. The van der Waals surface area contributed by atoms with Gasteiger partial charge in [0.05, 0.1) is 24.0 Å². The first-order chi connectivity index (χ1) is 14.6. The van der Waals surface area contributed by atoms with Crippen LogP contribution in [0.15, 0.2) is 59.7 Å². The molecule has 30 heavy (non-hydrogen) atoms. The predicted molar refractivity (Wildman–Crippen MR) is 124 cm³/mol. The third-order valence-electron chi connectivity index (χ3n) is 5.45. The number of aromatic nitrogens is 2. The second-order valence-electron chi connectivity index (χ2n) is 7.30. The molecule has 0 N–H and O–H groups in total. The fourth-order valence-corrected chi connectivity index (χ4v) is 5.06. The molecule has 0 saturated carbocycles. The average Bonchev–Trinajstić information content (AvgIpc) is 3.45. The summed E-state index contributed by atoms with van der Waals surface area (Å²) in [6.45, 7) is 2.07. The predicted octanol–water partition coefficient (Wildman–Crippen LogP) is 5.38. The van der Waals surface area contributed by atoms with E-state index in [9.17, 15) is 4.79 Å². The van der Waals surface area contributed by atoms with Crippen LogP contribution in [0.2, 0.25) is 5.02 Å². The summed E-state index contributed by atoms with van der Waals surface area (Å²) >= 11 is 7.44. The maximum atomic E-state index is 13.2. The summed E-state index contributed by atoms with van der Waals surface area (Å²) in [5, 5.41) is 0.687. The molecule has 1 fully saturated rings. The molecule has 1 aliphatic heterocycles. The van der Waals surface area contributed by atoms with Gasteiger partial charge in [-0.25, -0.2) is 4.98 Å². The number of methoxy groups -OCH3 is 1. The summed E-state index contributed by atoms with van der Waals surface area (Å²) in [5.41, 5.74) is 3.45. The molecule has 0 aliphatic carbocycles. The topological polar surface area (TPSA) is 47.4 Å². The zero-order valence-electron chi connectivity index (χ0n) is 16.5. The molecular formula is C23H20ClN3O2S. The zero-order valence-corrected chi connectivity index (χ0v) is 18.0. The van der Waals surface area contributed by atoms with Gasteiger partial charge in [-0.2, -0.15) is 0 Å². The molecular weight excluding hydrogens is 418 g/mol. The lowest BCUT2D eigenvalue weighted by Gasteiger charge is -2.21. The highest BCUT2D eigenvalue weighted by Gasteiger charge is 2.18. The van der Waals surface area contributed by atoms with Crippen LogP contribution in [-0.4, -0.2) is 29.8 Å². The van der Waals surface area contributed by atoms with E-state index in [1.54, 1.807) is 18.0 Å². The van der Waals surface area contributed by atoms with Crippen molar-refractivity contribution >= 4 is 38.8 Å². The van der Waals surface area contributed by atoms with Crippen LogP contribution < -0.4 is 15.2 Å². The van der Waals surface area contributed by atoms with Crippen LogP contribution in [0.3, 0.4) is 0 Å². The largest absolute Gasteiger partial charge is 0.495 e. The summed E-state index contributed by atoms with van der Waals surface area (Å²) < 4.78 is 7.85. The van der Waals surface area contributed by atoms with E-state index in [2.05, 4.69) is 9.88 Å². The Labute approximate surface area is 183 Å². The molecule has 2 aromatic heterocycles. The highest BCUT2D eigenvalue weighted by molar-refractivity contribution is 7.22. The SMILES string of the molecule is COc1cc(-n2cnc3cc(-c4ccc(Cl)cc4)sc3c2=O)ccc1N1CCCC1. The Morgan fingerprint density at radius 3 is 2.57 bits per heavy atom. The van der Waals surface area contributed by atoms with E-state index >= 15 is 0 Å². The second kappa shape index (κ2) is 7.78. The number of hydrogen-bond acceptors (Lipinski definition) is 5. The van der Waals surface area contributed by atoms with Gasteiger partial charge in [-0.15, -0.1) is 11.3 Å². The van der Waals surface area contributed by atoms with E-state index in [0.29, 0.717) is 15.2 Å². The van der Waals surface area contributed by atoms with Gasteiger partial charge in [-0.1, -0.05) is 23.7 Å². The molecule has 1 aliphatic rings. The molecule has 3 heterocycles. The number of ether oxygens (including phenoxy) is 1. The minimum Gasteiger partial charge on any atom is -0.495 e. The van der Waals surface area contributed by atoms with Gasteiger partial charge >= 0.3 is 0 Å². The van der Waals surface area contributed by atoms with Crippen LogP contribution in [0.1, 0.15) is 12.8 Å². The first-order valence-electron chi connectivity index (χ1n) is 9.84. The van der Waals surface area contributed by atoms with E-state index in [0.717, 1.165) is 40.7 Å². The Bertz CT molecular complexity index is 1270. The monoisotopic (exact) mass is 437 g/mol. The van der Waals surface area contributed by atoms with Crippen molar-refractivity contribution in [3.05, 3.63) is 70.2 Å². The number of benzene rings is 2. The number of rotatable bonds is 4. The van der Waals surface area contributed by atoms with Crippen molar-refractivity contribution in [2.24, 2.45) is 0 Å². The van der Waals surface area contributed by atoms with E-state index in [1.165, 1.54) is 24.2 Å². The zero-order chi connectivity index (χ0) is 20.7. The van der Waals surface area contributed by atoms with Gasteiger partial charge in [0.2, 0.25) is 0 Å². The minimum absolute atomic E-state index is 0.0822. The molecule has 152 valence electrons. The molecule has 7 heteroatoms. The lowest BCUT2D eigenvalue weighted by Crippen LogP contribution is -2.20. The van der Waals surface area contributed by atoms with Crippen molar-refractivity contribution in [3.63, 3.8) is 0 Å². The maximum Gasteiger partial charge on any atom is 0.275 e. The molecule has 2 aromatic carbocycles. The van der Waals surface area contributed by atoms with E-state index in [-0.39, 0.29) is 5.56 Å². The summed E-state index contributed by atoms with van der Waals surface area (Å²) in [7, 11) is 1.67. The summed E-state index contributed by atoms with van der Waals surface area (Å²) in [5.74, 6) is 0.773. The second-order valence-corrected chi connectivity index (χ2v) is 8.79. The van der Waals surface area contributed by atoms with Crippen molar-refractivity contribution < 1.29 is 4.74 Å². The quantitative estimate of drug-likeness (QED) is 0.430. The lowest BCUT2D eigenvalue weighted by molar-refractivity contribution is 0.414. The number of halogens is 1. The van der Waals surface area contributed by atoms with Gasteiger partial charge in [0.1, 0.15) is 16.8 Å². The molecule has 5 rings (SSSR count). The van der Waals surface area contributed by atoms with Crippen LogP contribution >= 0.6 is 22.9 Å². The van der Waals surface area contributed by atoms with Crippen molar-refractivity contribution in [3.8, 4) is 21.9 Å². The first-order valence-corrected chi connectivity index (χ1v) is 11.0. The number of anilines is 1. The highest BCUT2D eigenvalue weighted by Crippen LogP contribution is 2.34. The van der Waals surface area contributed by atoms with Crippen molar-refractivity contribution in [2.45, 2.75) is 12.8 Å². The standard InChI is InChI=1S/C23H20ClN3O2S/c1-29-20-12-17(8-9-19(20)26-10-2-3-11-26)27-14-25-18-13-21(30-22(18)23(27)28)15-4-6-16(24)7-5-15/h4-9,12-14H,2-3,10-11H2,1H3. The van der Waals surface area contributed by atoms with E-state index in [4.69, 9.17) is 16.3 Å². The minimum atomic E-state index is -0.0822. The van der Waals surface area contributed by atoms with Crippen LogP contribution in [0, 0.1) is 0 Å². The molecule has 0 spiro atoms. The molecule has 0 unspecified atom stereocenters. The van der Waals surface area contributed by atoms with Gasteiger partial charge in [-0.3, -0.25) is 9.36 Å². The van der Waals surface area contributed by atoms with Gasteiger partial charge < -0.3 is 9.64 Å². The van der Waals surface area contributed by atoms with Gasteiger partial charge in [0.25, 0.3) is 5.56 Å². The van der Waals surface area contributed by atoms with Crippen molar-refractivity contribution in [1.29, 1.82) is 0 Å². The number of nitrogens with zero attached hydrogens (tertiary/aromatic N) is 3. The molecule has 0 amide bonds. The van der Waals surface area contributed by atoms with E-state index < -0.39 is 0 Å². The summed E-state index contributed by atoms with van der Waals surface area (Å²) in [6, 6.07) is 15.5. The molecule has 0 bridgehead atoms. The number of hydrogen-bond donors (Lipinski definition) is 0. The van der Waals surface area contributed by atoms with Crippen LogP contribution in [0.25, 0.3) is 26.3 Å². The molecule has 4 aromatic rings. The van der Waals surface area contributed by atoms with Gasteiger partial charge in [-0.05, 0) is 48.7 Å². The Morgan fingerprint density at radius 2 is 1.83 bits per heavy atom. The smallest absolute Gasteiger partial charge is 0.275 e. The van der Waals surface area contributed by atoms with Crippen molar-refractivity contribution in [2.75, 3.05) is 25.1 Å². The fourth-order valence-electron chi connectivity index (χ4n) is 3.89. The molecule has 0 radical (unpaired) electrons. The van der Waals surface area contributed by atoms with Crippen LogP contribution in [0.4, 0.5) is 5.69 Å². The maximum absolute atomic E-state index is 13.2. The number of fused-ring (bicyclic) bond motifs is 1. The molecule has 5 nitrogen and oxygen atoms in total. The highest BCUT2D eigenvalue weighted by atomic mass is 35.5. The van der Waals surface area contributed by atoms with Crippen LogP contribution in [0.5, 0.6) is 5.75 Å². The third kappa shape index (κ3) is 3.36. The number of thiophene rings is 1. The Morgan fingerprint density at radius 1 is 1.07 bits per heavy atom. The first kappa shape index (κ1) is 19.2. The average molecular weight is 438 g/mol. The normalized spacial score (nSPS) is 13.9. The molecule has 1 saturated heterocycles. The van der Waals surface area contributed by atoms with Crippen molar-refractivity contribution in [1.82, 2.24) is 9.55 Å².